The summed E-state index contributed by atoms with van der Waals surface area (Å²) in [6.45, 7) is 4.24. The first-order chi connectivity index (χ1) is 6.77. The third kappa shape index (κ3) is 3.39. The zero-order chi connectivity index (χ0) is 10.4. The van der Waals surface area contributed by atoms with Crippen LogP contribution in [-0.2, 0) is 4.79 Å². The second-order valence-electron chi connectivity index (χ2n) is 4.01. The average Bonchev–Trinajstić information content (AvgIpc) is 2.65. The Balaban J connectivity index is 2.14. The number of ketones is 1. The second-order valence-corrected chi connectivity index (χ2v) is 4.01. The van der Waals surface area contributed by atoms with E-state index in [1.165, 1.54) is 6.42 Å². The minimum absolute atomic E-state index is 0.266. The van der Waals surface area contributed by atoms with Crippen molar-refractivity contribution in [3.63, 3.8) is 0 Å². The molecule has 3 nitrogen and oxygen atoms in total. The number of Topliss-reactive ketones (excluding diaryl/α,β-unsaturated/α-hetero) is 1. The molecule has 0 spiro atoms. The number of nitrogens with zero attached hydrogens (tertiary/aromatic N) is 1. The van der Waals surface area contributed by atoms with Gasteiger partial charge < -0.3 is 5.11 Å². The summed E-state index contributed by atoms with van der Waals surface area (Å²) in [5, 5.41) is 9.08. The molecule has 1 N–H and O–H groups in total. The topological polar surface area (TPSA) is 40.5 Å². The van der Waals surface area contributed by atoms with Crippen molar-refractivity contribution < 1.29 is 9.90 Å². The molecule has 3 heteroatoms. The Hall–Kier alpha value is -0.410. The summed E-state index contributed by atoms with van der Waals surface area (Å²) in [4.78, 5) is 13.4. The van der Waals surface area contributed by atoms with Gasteiger partial charge in [0.05, 0.1) is 6.61 Å². The van der Waals surface area contributed by atoms with Gasteiger partial charge in [-0.3, -0.25) is 9.69 Å². The van der Waals surface area contributed by atoms with Gasteiger partial charge in [-0.1, -0.05) is 6.92 Å². The summed E-state index contributed by atoms with van der Waals surface area (Å²) < 4.78 is 0. The summed E-state index contributed by atoms with van der Waals surface area (Å²) in [6, 6.07) is 0.353. The fourth-order valence-corrected chi connectivity index (χ4v) is 2.05. The second kappa shape index (κ2) is 6.14. The van der Waals surface area contributed by atoms with Crippen LogP contribution in [0.5, 0.6) is 0 Å². The van der Waals surface area contributed by atoms with Crippen molar-refractivity contribution in [1.82, 2.24) is 4.90 Å². The maximum Gasteiger partial charge on any atom is 0.132 e. The highest BCUT2D eigenvalue weighted by Crippen LogP contribution is 2.16. The molecule has 0 radical (unpaired) electrons. The molecule has 0 bridgehead atoms. The lowest BCUT2D eigenvalue weighted by molar-refractivity contribution is -0.118. The van der Waals surface area contributed by atoms with Crippen LogP contribution < -0.4 is 0 Å². The molecular weight excluding hydrogens is 178 g/mol. The number of likely N-dealkylation sites (tertiary alicyclic amines) is 1. The lowest BCUT2D eigenvalue weighted by Crippen LogP contribution is -2.33. The van der Waals surface area contributed by atoms with Crippen molar-refractivity contribution in [2.24, 2.45) is 0 Å². The van der Waals surface area contributed by atoms with Crippen LogP contribution in [0, 0.1) is 0 Å². The minimum Gasteiger partial charge on any atom is -0.395 e. The van der Waals surface area contributed by atoms with Crippen LogP contribution in [0.15, 0.2) is 0 Å². The zero-order valence-corrected chi connectivity index (χ0v) is 9.04. The monoisotopic (exact) mass is 199 g/mol. The Kier molecular flexibility index (Phi) is 5.12. The van der Waals surface area contributed by atoms with Crippen LogP contribution in [0.1, 0.15) is 39.0 Å². The molecule has 1 heterocycles. The fourth-order valence-electron chi connectivity index (χ4n) is 2.05. The van der Waals surface area contributed by atoms with Crippen LogP contribution in [0.2, 0.25) is 0 Å². The number of hydrogen-bond donors (Lipinski definition) is 1. The molecular formula is C11H21NO2. The third-order valence-corrected chi connectivity index (χ3v) is 3.01. The number of aliphatic hydroxyl groups excluding tert-OH is 1. The first kappa shape index (κ1) is 11.7. The SMILES string of the molecule is CCC(=O)CCCN1CCCC1CO. The molecule has 82 valence electrons. The van der Waals surface area contributed by atoms with E-state index in [-0.39, 0.29) is 6.61 Å². The predicted octanol–water partition coefficient (Wildman–Crippen LogP) is 1.20. The van der Waals surface area contributed by atoms with Crippen molar-refractivity contribution >= 4 is 5.78 Å². The van der Waals surface area contributed by atoms with Gasteiger partial charge >= 0.3 is 0 Å². The van der Waals surface area contributed by atoms with Crippen LogP contribution in [-0.4, -0.2) is 41.5 Å². The highest BCUT2D eigenvalue weighted by Gasteiger charge is 2.22. The van der Waals surface area contributed by atoms with Crippen molar-refractivity contribution in [2.75, 3.05) is 19.7 Å². The first-order valence-electron chi connectivity index (χ1n) is 5.64. The van der Waals surface area contributed by atoms with Gasteiger partial charge in [0.1, 0.15) is 5.78 Å². The Morgan fingerprint density at radius 1 is 1.57 bits per heavy atom. The highest BCUT2D eigenvalue weighted by molar-refractivity contribution is 5.77. The first-order valence-corrected chi connectivity index (χ1v) is 5.64. The standard InChI is InChI=1S/C11H21NO2/c1-2-11(14)6-4-8-12-7-3-5-10(12)9-13/h10,13H,2-9H2,1H3. The van der Waals surface area contributed by atoms with Gasteiger partial charge in [-0.15, -0.1) is 0 Å². The van der Waals surface area contributed by atoms with Crippen LogP contribution in [0.4, 0.5) is 0 Å². The van der Waals surface area contributed by atoms with Gasteiger partial charge in [0.2, 0.25) is 0 Å². The molecule has 1 fully saturated rings. The van der Waals surface area contributed by atoms with E-state index in [1.807, 2.05) is 6.92 Å². The third-order valence-electron chi connectivity index (χ3n) is 3.01. The van der Waals surface area contributed by atoms with Gasteiger partial charge in [0, 0.05) is 18.9 Å². The lowest BCUT2D eigenvalue weighted by atomic mass is 10.1. The summed E-state index contributed by atoms with van der Waals surface area (Å²) in [7, 11) is 0. The molecule has 0 amide bonds. The van der Waals surface area contributed by atoms with E-state index in [1.54, 1.807) is 0 Å². The van der Waals surface area contributed by atoms with Gasteiger partial charge in [0.25, 0.3) is 0 Å². The largest absolute Gasteiger partial charge is 0.395 e. The summed E-state index contributed by atoms with van der Waals surface area (Å²) in [6.07, 6.45) is 4.60. The normalized spacial score (nSPS) is 22.9. The number of aliphatic hydroxyl groups is 1. The summed E-state index contributed by atoms with van der Waals surface area (Å²) in [5.74, 6) is 0.352. The molecule has 1 aliphatic heterocycles. The van der Waals surface area contributed by atoms with Gasteiger partial charge in [0.15, 0.2) is 0 Å². The maximum atomic E-state index is 11.1. The number of hydrogen-bond acceptors (Lipinski definition) is 3. The molecule has 1 atom stereocenters. The zero-order valence-electron chi connectivity index (χ0n) is 9.04. The van der Waals surface area contributed by atoms with E-state index in [0.29, 0.717) is 24.7 Å². The number of carbonyl (C=O) groups excluding carboxylic acids is 1. The Morgan fingerprint density at radius 3 is 3.00 bits per heavy atom. The molecule has 0 aliphatic carbocycles. The Labute approximate surface area is 86.1 Å². The molecule has 1 aliphatic rings. The highest BCUT2D eigenvalue weighted by atomic mass is 16.3. The quantitative estimate of drug-likeness (QED) is 0.699. The minimum atomic E-state index is 0.266. The molecule has 0 saturated carbocycles. The van der Waals surface area contributed by atoms with E-state index >= 15 is 0 Å². The van der Waals surface area contributed by atoms with Crippen LogP contribution in [0.3, 0.4) is 0 Å². The van der Waals surface area contributed by atoms with E-state index in [2.05, 4.69) is 4.90 Å². The van der Waals surface area contributed by atoms with Crippen LogP contribution in [0.25, 0.3) is 0 Å². The summed E-state index contributed by atoms with van der Waals surface area (Å²) >= 11 is 0. The molecule has 0 aromatic rings. The molecule has 0 aromatic heterocycles. The molecule has 1 unspecified atom stereocenters. The smallest absolute Gasteiger partial charge is 0.132 e. The van der Waals surface area contributed by atoms with Gasteiger partial charge in [-0.2, -0.15) is 0 Å². The lowest BCUT2D eigenvalue weighted by Gasteiger charge is -2.22. The number of carbonyl (C=O) groups is 1. The summed E-state index contributed by atoms with van der Waals surface area (Å²) in [5.41, 5.74) is 0. The number of rotatable bonds is 6. The van der Waals surface area contributed by atoms with Crippen molar-refractivity contribution in [3.8, 4) is 0 Å². The van der Waals surface area contributed by atoms with Crippen molar-refractivity contribution in [3.05, 3.63) is 0 Å². The fraction of sp³-hybridized carbons (Fsp3) is 0.909. The average molecular weight is 199 g/mol. The maximum absolute atomic E-state index is 11.1. The molecule has 14 heavy (non-hydrogen) atoms. The van der Waals surface area contributed by atoms with E-state index in [0.717, 1.165) is 25.9 Å². The Bertz CT molecular complexity index is 182. The van der Waals surface area contributed by atoms with Crippen molar-refractivity contribution in [1.29, 1.82) is 0 Å². The predicted molar refractivity (Wildman–Crippen MR) is 56.2 cm³/mol. The van der Waals surface area contributed by atoms with E-state index in [4.69, 9.17) is 5.11 Å². The van der Waals surface area contributed by atoms with Gasteiger partial charge in [-0.25, -0.2) is 0 Å². The van der Waals surface area contributed by atoms with Crippen molar-refractivity contribution in [2.45, 2.75) is 45.1 Å². The molecule has 1 saturated heterocycles. The van der Waals surface area contributed by atoms with Gasteiger partial charge in [-0.05, 0) is 32.4 Å². The van der Waals surface area contributed by atoms with E-state index in [9.17, 15) is 4.79 Å². The van der Waals surface area contributed by atoms with Crippen LogP contribution >= 0.6 is 0 Å². The molecule has 0 aromatic carbocycles. The Morgan fingerprint density at radius 2 is 2.36 bits per heavy atom. The molecule has 1 rings (SSSR count). The van der Waals surface area contributed by atoms with E-state index < -0.39 is 0 Å².